The zero-order valence-corrected chi connectivity index (χ0v) is 64.0. The average molecular weight is 1530 g/mol. The van der Waals surface area contributed by atoms with Gasteiger partial charge in [0, 0.05) is 120 Å². The first-order valence-corrected chi connectivity index (χ1v) is 35.7. The first kappa shape index (κ1) is 86.7. The Balaban J connectivity index is 0.000000204. The van der Waals surface area contributed by atoms with E-state index in [9.17, 15) is 19.2 Å². The third-order valence-corrected chi connectivity index (χ3v) is 18.1. The molecule has 12 rings (SSSR count). The maximum Gasteiger partial charge on any atom is 0.495 e. The van der Waals surface area contributed by atoms with Crippen LogP contribution in [0.3, 0.4) is 0 Å². The van der Waals surface area contributed by atoms with Gasteiger partial charge in [0.25, 0.3) is 0 Å². The fourth-order valence-electron chi connectivity index (χ4n) is 11.6. The highest BCUT2D eigenvalue weighted by atomic mass is 16.7. The molecule has 0 saturated carbocycles. The van der Waals surface area contributed by atoms with Gasteiger partial charge in [-0.1, -0.05) is 86.6 Å². The number of nitrogens with two attached hydrogens (primary N) is 4. The van der Waals surface area contributed by atoms with Crippen molar-refractivity contribution in [3.8, 4) is 78.3 Å². The predicted molar refractivity (Wildman–Crippen MR) is 418 cm³/mol. The fourth-order valence-corrected chi connectivity index (χ4v) is 11.6. The Morgan fingerprint density at radius 3 is 1.05 bits per heavy atom. The summed E-state index contributed by atoms with van der Waals surface area (Å²) in [5, 5.41) is 0. The number of carbonyl (C=O) groups is 4. The SMILES string of the molecule is CCOC(=O)C(CC)Cc1cc(-c2cncnc2)ccc1-c1cc(N)ncn1.CCOC(=O)C(CC)Cc1cc(-c2cncnc2)ccc1B1OC(C)(C)C(C)(C)O1.COC(=O)CCc1cc(-c2cncnc2)ccc1-c1cc(N)ncn1.NC(=O)CCc1cc(-c2cncnc2)ccc1-c1cc(N)ncn1.O=C=O.O=C=O. The lowest BCUT2D eigenvalue weighted by Gasteiger charge is -2.32. The highest BCUT2D eigenvalue weighted by Gasteiger charge is 2.52. The summed E-state index contributed by atoms with van der Waals surface area (Å²) in [6.07, 6.45) is 28.8. The van der Waals surface area contributed by atoms with Gasteiger partial charge in [0.05, 0.1) is 60.4 Å². The van der Waals surface area contributed by atoms with E-state index >= 15 is 0 Å². The number of nitrogen functional groups attached to an aromatic ring is 3. The van der Waals surface area contributed by atoms with Gasteiger partial charge in [-0.05, 0) is 130 Å². The van der Waals surface area contributed by atoms with Crippen LogP contribution in [-0.4, -0.2) is 145 Å². The fraction of sp³-hybridized carbons (Fsp3) is 0.284. The third-order valence-electron chi connectivity index (χ3n) is 18.1. The van der Waals surface area contributed by atoms with Gasteiger partial charge in [-0.25, -0.2) is 69.8 Å². The summed E-state index contributed by atoms with van der Waals surface area (Å²) in [7, 11) is 0.886. The standard InChI is InChI=1S/C23H31BN2O4.C21H23N5O2.C18H17N5O2.C17H16N6O.2CO2/c1-7-16(21(27)28-8-2)11-18-12-17(19-13-25-15-26-14-19)9-10-20(18)24-29-22(3,4)23(5,6)30-24;1-3-14(21(27)28-4-2)7-16-8-15(17-10-23-12-24-11-17)5-6-18(16)19-9-20(22)26-13-25-19;1-25-18(24)5-3-13-6-12(14-8-20-10-21-9-14)2-4-15(13)16-7-17(19)23-11-22-16;18-16-6-15(22-10-23-16)14-3-1-11(13-7-20-9-21-8-13)5-12(14)2-4-17(19)24;2*2-1-3/h9-10,12-16H,7-8,11H2,1-6H3;5-6,8-14H,3-4,7H2,1-2H3,(H2,22,25,26);2,4,6-11H,3,5H2,1H3,(H2,19,22,23);1,3,5-10H,2,4H2,(H2,19,24)(H2,18,22,23);;. The summed E-state index contributed by atoms with van der Waals surface area (Å²) in [5.41, 5.74) is 39.0. The molecular formula is C81H87BN18O13. The molecule has 1 saturated heterocycles. The summed E-state index contributed by atoms with van der Waals surface area (Å²) in [4.78, 5) is 137. The minimum atomic E-state index is -0.495. The minimum absolute atomic E-state index is 0.173. The largest absolute Gasteiger partial charge is 0.495 e. The monoisotopic (exact) mass is 1530 g/mol. The molecule has 32 heteroatoms. The van der Waals surface area contributed by atoms with Crippen molar-refractivity contribution < 1.29 is 61.9 Å². The van der Waals surface area contributed by atoms with Crippen LogP contribution < -0.4 is 28.4 Å². The molecule has 1 aliphatic rings. The second-order valence-corrected chi connectivity index (χ2v) is 25.9. The van der Waals surface area contributed by atoms with Gasteiger partial charge in [-0.15, -0.1) is 0 Å². The number of nitrogens with zero attached hydrogens (tertiary/aromatic N) is 14. The first-order valence-electron chi connectivity index (χ1n) is 35.7. The summed E-state index contributed by atoms with van der Waals surface area (Å²) in [6, 6.07) is 29.1. The van der Waals surface area contributed by atoms with E-state index in [1.807, 2.05) is 122 Å². The number of methoxy groups -OCH3 is 1. The van der Waals surface area contributed by atoms with Crippen LogP contribution in [0.2, 0.25) is 0 Å². The number of amides is 1. The molecule has 0 spiro atoms. The molecule has 8 heterocycles. The number of hydrogen-bond acceptors (Lipinski definition) is 30. The van der Waals surface area contributed by atoms with Crippen molar-refractivity contribution in [3.63, 3.8) is 0 Å². The minimum Gasteiger partial charge on any atom is -0.469 e. The number of aryl methyl sites for hydroxylation is 2. The number of benzene rings is 4. The van der Waals surface area contributed by atoms with Crippen molar-refractivity contribution in [1.82, 2.24) is 69.8 Å². The quantitative estimate of drug-likeness (QED) is 0.0248. The topological polar surface area (TPSA) is 467 Å². The van der Waals surface area contributed by atoms with Gasteiger partial charge >= 0.3 is 37.3 Å². The van der Waals surface area contributed by atoms with Gasteiger partial charge in [0.1, 0.15) is 61.7 Å². The highest BCUT2D eigenvalue weighted by Crippen LogP contribution is 2.38. The molecule has 0 aliphatic carbocycles. The van der Waals surface area contributed by atoms with Gasteiger partial charge in [0.15, 0.2) is 0 Å². The molecule has 31 nitrogen and oxygen atoms in total. The Kier molecular flexibility index (Phi) is 33.5. The zero-order valence-electron chi connectivity index (χ0n) is 64.0. The zero-order chi connectivity index (χ0) is 81.9. The molecule has 4 aromatic carbocycles. The van der Waals surface area contributed by atoms with Gasteiger partial charge in [-0.2, -0.15) is 19.2 Å². The van der Waals surface area contributed by atoms with E-state index in [0.29, 0.717) is 80.6 Å². The van der Waals surface area contributed by atoms with Crippen molar-refractivity contribution in [3.05, 3.63) is 207 Å². The molecule has 2 atom stereocenters. The predicted octanol–water partition coefficient (Wildman–Crippen LogP) is 9.61. The number of aromatic nitrogens is 14. The van der Waals surface area contributed by atoms with E-state index in [1.54, 1.807) is 67.8 Å². The van der Waals surface area contributed by atoms with Crippen LogP contribution in [0.5, 0.6) is 0 Å². The van der Waals surface area contributed by atoms with E-state index in [0.717, 1.165) is 94.6 Å². The maximum atomic E-state index is 12.5. The third kappa shape index (κ3) is 25.5. The number of hydrogen-bond donors (Lipinski definition) is 4. The molecular weight excluding hydrogens is 1440 g/mol. The molecule has 1 aliphatic heterocycles. The summed E-state index contributed by atoms with van der Waals surface area (Å²) < 4.78 is 27.9. The lowest BCUT2D eigenvalue weighted by atomic mass is 9.73. The molecule has 11 aromatic rings. The molecule has 582 valence electrons. The number of esters is 3. The van der Waals surface area contributed by atoms with Crippen molar-refractivity contribution in [1.29, 1.82) is 0 Å². The first-order chi connectivity index (χ1) is 54.4. The number of ether oxygens (including phenoxy) is 3. The van der Waals surface area contributed by atoms with Crippen molar-refractivity contribution in [2.45, 2.75) is 118 Å². The number of rotatable bonds is 24. The van der Waals surface area contributed by atoms with Crippen LogP contribution in [0.25, 0.3) is 78.3 Å². The van der Waals surface area contributed by atoms with Crippen LogP contribution in [0.1, 0.15) is 103 Å². The van der Waals surface area contributed by atoms with Crippen LogP contribution in [0.15, 0.2) is 185 Å². The highest BCUT2D eigenvalue weighted by molar-refractivity contribution is 6.62. The Morgan fingerprint density at radius 1 is 0.425 bits per heavy atom. The Morgan fingerprint density at radius 2 is 0.735 bits per heavy atom. The van der Waals surface area contributed by atoms with E-state index in [2.05, 4.69) is 75.8 Å². The van der Waals surface area contributed by atoms with Crippen LogP contribution in [0, 0.1) is 11.8 Å². The molecule has 2 unspecified atom stereocenters. The van der Waals surface area contributed by atoms with Crippen molar-refractivity contribution in [2.75, 3.05) is 37.5 Å². The molecule has 0 bridgehead atoms. The van der Waals surface area contributed by atoms with Crippen LogP contribution in [-0.2, 0) is 87.6 Å². The Hall–Kier alpha value is -13.5. The van der Waals surface area contributed by atoms with Crippen LogP contribution in [0.4, 0.5) is 17.5 Å². The lowest BCUT2D eigenvalue weighted by Crippen LogP contribution is -2.41. The molecule has 113 heavy (non-hydrogen) atoms. The van der Waals surface area contributed by atoms with Gasteiger partial charge in [0.2, 0.25) is 5.91 Å². The molecule has 7 aromatic heterocycles. The maximum absolute atomic E-state index is 12.5. The number of primary amides is 1. The second kappa shape index (κ2) is 43.6. The second-order valence-electron chi connectivity index (χ2n) is 25.9. The van der Waals surface area contributed by atoms with E-state index in [1.165, 1.54) is 51.4 Å². The Bertz CT molecular complexity index is 4980. The summed E-state index contributed by atoms with van der Waals surface area (Å²) in [5.74, 6) is -0.258. The average Bonchev–Trinajstić information content (AvgIpc) is 1.61. The summed E-state index contributed by atoms with van der Waals surface area (Å²) >= 11 is 0. The summed E-state index contributed by atoms with van der Waals surface area (Å²) in [6.45, 7) is 16.5. The molecule has 1 amide bonds. The van der Waals surface area contributed by atoms with Gasteiger partial charge < -0.3 is 46.5 Å². The molecule has 0 radical (unpaired) electrons. The molecule has 1 fully saturated rings. The van der Waals surface area contributed by atoms with E-state index < -0.39 is 18.3 Å². The van der Waals surface area contributed by atoms with E-state index in [4.69, 9.17) is 65.6 Å². The van der Waals surface area contributed by atoms with E-state index in [-0.39, 0.29) is 60.8 Å². The van der Waals surface area contributed by atoms with Crippen molar-refractivity contribution in [2.24, 2.45) is 17.6 Å². The smallest absolute Gasteiger partial charge is 0.469 e. The number of anilines is 3. The Labute approximate surface area is 653 Å². The normalized spacial score (nSPS) is 12.5. The van der Waals surface area contributed by atoms with Crippen LogP contribution >= 0.6 is 0 Å². The number of carbonyl (C=O) groups excluding carboxylic acids is 8. The van der Waals surface area contributed by atoms with Gasteiger partial charge in [-0.3, -0.25) is 19.2 Å². The van der Waals surface area contributed by atoms with Crippen molar-refractivity contribution >= 4 is 66.2 Å². The molecule has 8 N–H and O–H groups in total. The lowest BCUT2D eigenvalue weighted by molar-refractivity contribution is -0.193.